The maximum Gasteiger partial charge on any atom is 0.154 e. The molecule has 2 heteroatoms. The standard InChI is InChI=1S/C11H17NO/c1-3-9-8-10(13)11(2)6-4-5-7-12(9)11/h3,9H,1,4-8H2,2H3/t9-,11-/m0/s1. The summed E-state index contributed by atoms with van der Waals surface area (Å²) in [5, 5.41) is 0. The van der Waals surface area contributed by atoms with Crippen molar-refractivity contribution in [2.75, 3.05) is 6.54 Å². The molecule has 2 aliphatic heterocycles. The highest BCUT2D eigenvalue weighted by Gasteiger charge is 2.49. The molecule has 0 aromatic carbocycles. The van der Waals surface area contributed by atoms with Crippen LogP contribution in [0.1, 0.15) is 32.6 Å². The lowest BCUT2D eigenvalue weighted by molar-refractivity contribution is -0.125. The van der Waals surface area contributed by atoms with E-state index in [9.17, 15) is 4.79 Å². The lowest BCUT2D eigenvalue weighted by atomic mass is 9.88. The van der Waals surface area contributed by atoms with Crippen molar-refractivity contribution in [1.82, 2.24) is 4.90 Å². The summed E-state index contributed by atoms with van der Waals surface area (Å²) in [6.07, 6.45) is 6.07. The number of carbonyl (C=O) groups is 1. The van der Waals surface area contributed by atoms with E-state index in [1.165, 1.54) is 12.8 Å². The molecule has 0 bridgehead atoms. The van der Waals surface area contributed by atoms with Gasteiger partial charge in [-0.2, -0.15) is 0 Å². The second kappa shape index (κ2) is 2.95. The van der Waals surface area contributed by atoms with E-state index in [1.807, 2.05) is 6.08 Å². The third-order valence-corrected chi connectivity index (χ3v) is 3.61. The summed E-state index contributed by atoms with van der Waals surface area (Å²) in [6, 6.07) is 0.304. The number of hydrogen-bond acceptors (Lipinski definition) is 2. The summed E-state index contributed by atoms with van der Waals surface area (Å²) in [7, 11) is 0. The highest BCUT2D eigenvalue weighted by Crippen LogP contribution is 2.38. The van der Waals surface area contributed by atoms with Crippen LogP contribution in [0.5, 0.6) is 0 Å². The van der Waals surface area contributed by atoms with Crippen molar-refractivity contribution in [2.24, 2.45) is 0 Å². The molecular formula is C11H17NO. The zero-order valence-electron chi connectivity index (χ0n) is 8.25. The van der Waals surface area contributed by atoms with Gasteiger partial charge in [0.25, 0.3) is 0 Å². The van der Waals surface area contributed by atoms with Gasteiger partial charge in [0.1, 0.15) is 0 Å². The third-order valence-electron chi connectivity index (χ3n) is 3.61. The van der Waals surface area contributed by atoms with E-state index in [1.54, 1.807) is 0 Å². The number of Topliss-reactive ketones (excluding diaryl/α,β-unsaturated/α-hetero) is 1. The van der Waals surface area contributed by atoms with Gasteiger partial charge >= 0.3 is 0 Å². The van der Waals surface area contributed by atoms with Gasteiger partial charge < -0.3 is 0 Å². The van der Waals surface area contributed by atoms with Crippen LogP contribution in [0.3, 0.4) is 0 Å². The third kappa shape index (κ3) is 1.16. The molecule has 2 atom stereocenters. The fourth-order valence-corrected chi connectivity index (χ4v) is 2.70. The second-order valence-electron chi connectivity index (χ2n) is 4.35. The zero-order chi connectivity index (χ0) is 9.47. The molecule has 0 aromatic heterocycles. The Morgan fingerprint density at radius 1 is 1.62 bits per heavy atom. The molecule has 0 radical (unpaired) electrons. The minimum atomic E-state index is -0.156. The maximum absolute atomic E-state index is 11.8. The van der Waals surface area contributed by atoms with Gasteiger partial charge in [0, 0.05) is 12.5 Å². The quantitative estimate of drug-likeness (QED) is 0.572. The van der Waals surface area contributed by atoms with Crippen molar-refractivity contribution in [3.63, 3.8) is 0 Å². The molecule has 2 saturated heterocycles. The molecule has 72 valence electrons. The highest BCUT2D eigenvalue weighted by molar-refractivity contribution is 5.91. The topological polar surface area (TPSA) is 20.3 Å². The predicted molar refractivity (Wildman–Crippen MR) is 52.6 cm³/mol. The summed E-state index contributed by atoms with van der Waals surface area (Å²) >= 11 is 0. The van der Waals surface area contributed by atoms with Gasteiger partial charge in [0.05, 0.1) is 5.54 Å². The van der Waals surface area contributed by atoms with Crippen LogP contribution in [0.15, 0.2) is 12.7 Å². The number of ketones is 1. The monoisotopic (exact) mass is 179 g/mol. The van der Waals surface area contributed by atoms with Crippen LogP contribution in [0.2, 0.25) is 0 Å². The van der Waals surface area contributed by atoms with Crippen molar-refractivity contribution >= 4 is 5.78 Å². The number of rotatable bonds is 1. The van der Waals surface area contributed by atoms with Crippen LogP contribution in [-0.4, -0.2) is 28.8 Å². The van der Waals surface area contributed by atoms with Gasteiger partial charge in [-0.1, -0.05) is 6.08 Å². The van der Waals surface area contributed by atoms with Crippen LogP contribution in [-0.2, 0) is 4.79 Å². The lowest BCUT2D eigenvalue weighted by Crippen LogP contribution is -2.50. The van der Waals surface area contributed by atoms with Crippen molar-refractivity contribution in [2.45, 2.75) is 44.2 Å². The molecule has 0 N–H and O–H groups in total. The molecule has 0 unspecified atom stereocenters. The average Bonchev–Trinajstić information content (AvgIpc) is 2.39. The number of carbonyl (C=O) groups excluding carboxylic acids is 1. The average molecular weight is 179 g/mol. The van der Waals surface area contributed by atoms with Crippen LogP contribution < -0.4 is 0 Å². The molecule has 0 aromatic rings. The Kier molecular flexibility index (Phi) is 2.03. The smallest absolute Gasteiger partial charge is 0.154 e. The van der Waals surface area contributed by atoms with E-state index in [0.29, 0.717) is 18.2 Å². The van der Waals surface area contributed by atoms with Gasteiger partial charge in [0.15, 0.2) is 5.78 Å². The number of fused-ring (bicyclic) bond motifs is 1. The molecule has 0 spiro atoms. The van der Waals surface area contributed by atoms with E-state index < -0.39 is 0 Å². The first-order chi connectivity index (χ1) is 6.18. The molecule has 0 aliphatic carbocycles. The minimum absolute atomic E-state index is 0.156. The molecular weight excluding hydrogens is 162 g/mol. The minimum Gasteiger partial charge on any atom is -0.298 e. The summed E-state index contributed by atoms with van der Waals surface area (Å²) in [4.78, 5) is 14.1. The van der Waals surface area contributed by atoms with Gasteiger partial charge in [-0.05, 0) is 32.7 Å². The Balaban J connectivity index is 2.28. The summed E-state index contributed by atoms with van der Waals surface area (Å²) < 4.78 is 0. The largest absolute Gasteiger partial charge is 0.298 e. The van der Waals surface area contributed by atoms with Crippen molar-refractivity contribution in [3.05, 3.63) is 12.7 Å². The van der Waals surface area contributed by atoms with Gasteiger partial charge in [-0.3, -0.25) is 9.69 Å². The van der Waals surface area contributed by atoms with Gasteiger partial charge in [0.2, 0.25) is 0 Å². The van der Waals surface area contributed by atoms with Crippen LogP contribution >= 0.6 is 0 Å². The molecule has 2 fully saturated rings. The predicted octanol–water partition coefficient (Wildman–Crippen LogP) is 1.76. The highest BCUT2D eigenvalue weighted by atomic mass is 16.1. The van der Waals surface area contributed by atoms with E-state index in [2.05, 4.69) is 18.4 Å². The van der Waals surface area contributed by atoms with Crippen LogP contribution in [0, 0.1) is 0 Å². The SMILES string of the molecule is C=C[C@H]1CC(=O)[C@]2(C)CCCCN12. The molecule has 2 heterocycles. The molecule has 0 amide bonds. The van der Waals surface area contributed by atoms with Crippen LogP contribution in [0.4, 0.5) is 0 Å². The molecule has 0 saturated carbocycles. The Hall–Kier alpha value is -0.630. The fourth-order valence-electron chi connectivity index (χ4n) is 2.70. The molecule has 2 aliphatic rings. The first-order valence-electron chi connectivity index (χ1n) is 5.11. The van der Waals surface area contributed by atoms with Gasteiger partial charge in [-0.15, -0.1) is 6.58 Å². The molecule has 2 nitrogen and oxygen atoms in total. The van der Waals surface area contributed by atoms with E-state index in [-0.39, 0.29) is 5.54 Å². The molecule has 2 rings (SSSR count). The summed E-state index contributed by atoms with van der Waals surface area (Å²) in [5.74, 6) is 0.414. The van der Waals surface area contributed by atoms with Gasteiger partial charge in [-0.25, -0.2) is 0 Å². The summed E-state index contributed by atoms with van der Waals surface area (Å²) in [6.45, 7) is 6.97. The maximum atomic E-state index is 11.8. The summed E-state index contributed by atoms with van der Waals surface area (Å²) in [5.41, 5.74) is -0.156. The number of nitrogens with zero attached hydrogens (tertiary/aromatic N) is 1. The van der Waals surface area contributed by atoms with E-state index in [0.717, 1.165) is 13.0 Å². The fraction of sp³-hybridized carbons (Fsp3) is 0.727. The van der Waals surface area contributed by atoms with Crippen molar-refractivity contribution < 1.29 is 4.79 Å². The Morgan fingerprint density at radius 2 is 2.38 bits per heavy atom. The Labute approximate surface area is 79.6 Å². The second-order valence-corrected chi connectivity index (χ2v) is 4.35. The van der Waals surface area contributed by atoms with E-state index in [4.69, 9.17) is 0 Å². The van der Waals surface area contributed by atoms with E-state index >= 15 is 0 Å². The number of hydrogen-bond donors (Lipinski definition) is 0. The Bertz CT molecular complexity index is 248. The van der Waals surface area contributed by atoms with Crippen molar-refractivity contribution in [3.8, 4) is 0 Å². The Morgan fingerprint density at radius 3 is 3.08 bits per heavy atom. The number of piperidine rings is 1. The first-order valence-corrected chi connectivity index (χ1v) is 5.11. The zero-order valence-corrected chi connectivity index (χ0v) is 8.25. The normalized spacial score (nSPS) is 40.4. The first kappa shape index (κ1) is 8.95. The van der Waals surface area contributed by atoms with Crippen molar-refractivity contribution in [1.29, 1.82) is 0 Å². The lowest BCUT2D eigenvalue weighted by Gasteiger charge is -2.40. The molecule has 13 heavy (non-hydrogen) atoms. The van der Waals surface area contributed by atoms with Crippen LogP contribution in [0.25, 0.3) is 0 Å².